The van der Waals surface area contributed by atoms with Crippen LogP contribution in [0.4, 0.5) is 13.2 Å². The first-order valence-corrected chi connectivity index (χ1v) is 6.55. The molecule has 0 radical (unpaired) electrons. The predicted molar refractivity (Wildman–Crippen MR) is 73.2 cm³/mol. The maximum absolute atomic E-state index is 12.8. The van der Waals surface area contributed by atoms with Gasteiger partial charge in [-0.3, -0.25) is 0 Å². The van der Waals surface area contributed by atoms with Crippen molar-refractivity contribution in [2.24, 2.45) is 10.2 Å². The Hall–Kier alpha value is -1.91. The van der Waals surface area contributed by atoms with Gasteiger partial charge in [-0.25, -0.2) is 0 Å². The predicted octanol–water partition coefficient (Wildman–Crippen LogP) is 3.27. The fraction of sp³-hybridized carbons (Fsp3) is 0.467. The molecular formula is C15H15F3N2O2. The highest BCUT2D eigenvalue weighted by atomic mass is 19.4. The molecule has 0 unspecified atom stereocenters. The maximum atomic E-state index is 12.8. The van der Waals surface area contributed by atoms with Gasteiger partial charge in [-0.05, 0) is 12.1 Å². The van der Waals surface area contributed by atoms with E-state index < -0.39 is 11.8 Å². The van der Waals surface area contributed by atoms with Gasteiger partial charge in [0.1, 0.15) is 0 Å². The molecule has 2 rings (SSSR count). The molecule has 22 heavy (non-hydrogen) atoms. The summed E-state index contributed by atoms with van der Waals surface area (Å²) in [4.78, 5) is 0. The quantitative estimate of drug-likeness (QED) is 0.783. The second-order valence-electron chi connectivity index (χ2n) is 4.77. The molecule has 1 heterocycles. The molecule has 1 aromatic rings. The van der Waals surface area contributed by atoms with Crippen LogP contribution in [0.5, 0.6) is 0 Å². The molecule has 1 aliphatic rings. The van der Waals surface area contributed by atoms with E-state index in [-0.39, 0.29) is 11.7 Å². The molecule has 0 spiro atoms. The zero-order chi connectivity index (χ0) is 16.2. The number of benzene rings is 1. The SMILES string of the molecule is COC[C@H](CC#Cc1ccc(C2(C(F)(F)F)N=N2)cc1)OC. The Bertz CT molecular complexity index is 594. The third-order valence-electron chi connectivity index (χ3n) is 3.23. The van der Waals surface area contributed by atoms with E-state index in [0.29, 0.717) is 18.6 Å². The van der Waals surface area contributed by atoms with Crippen molar-refractivity contribution >= 4 is 0 Å². The highest BCUT2D eigenvalue weighted by Crippen LogP contribution is 2.52. The summed E-state index contributed by atoms with van der Waals surface area (Å²) in [5.41, 5.74) is -1.76. The lowest BCUT2D eigenvalue weighted by molar-refractivity contribution is -0.166. The Morgan fingerprint density at radius 2 is 1.82 bits per heavy atom. The first-order valence-electron chi connectivity index (χ1n) is 6.55. The summed E-state index contributed by atoms with van der Waals surface area (Å²) in [6.45, 7) is 0.432. The number of ether oxygens (including phenoxy) is 2. The molecule has 1 aromatic carbocycles. The van der Waals surface area contributed by atoms with Crippen LogP contribution >= 0.6 is 0 Å². The lowest BCUT2D eigenvalue weighted by Gasteiger charge is -2.14. The van der Waals surface area contributed by atoms with Gasteiger partial charge in [0.15, 0.2) is 0 Å². The van der Waals surface area contributed by atoms with Gasteiger partial charge in [-0.2, -0.15) is 13.2 Å². The van der Waals surface area contributed by atoms with E-state index in [1.54, 1.807) is 14.2 Å². The minimum Gasteiger partial charge on any atom is -0.382 e. The average molecular weight is 312 g/mol. The minimum atomic E-state index is -4.51. The number of rotatable bonds is 5. The molecule has 0 saturated heterocycles. The summed E-state index contributed by atoms with van der Waals surface area (Å²) in [6.07, 6.45) is -4.16. The summed E-state index contributed by atoms with van der Waals surface area (Å²) in [6, 6.07) is 5.75. The van der Waals surface area contributed by atoms with Crippen LogP contribution in [0.15, 0.2) is 34.5 Å². The Morgan fingerprint density at radius 1 is 1.18 bits per heavy atom. The van der Waals surface area contributed by atoms with Gasteiger partial charge in [0.2, 0.25) is 0 Å². The summed E-state index contributed by atoms with van der Waals surface area (Å²) >= 11 is 0. The number of nitrogens with zero attached hydrogens (tertiary/aromatic N) is 2. The Kier molecular flexibility index (Phi) is 4.84. The Balaban J connectivity index is 2.02. The minimum absolute atomic E-state index is 0.000277. The largest absolute Gasteiger partial charge is 0.442 e. The lowest BCUT2D eigenvalue weighted by Crippen LogP contribution is -2.29. The molecule has 118 valence electrons. The Morgan fingerprint density at radius 3 is 2.27 bits per heavy atom. The number of hydrogen-bond acceptors (Lipinski definition) is 4. The lowest BCUT2D eigenvalue weighted by atomic mass is 10.0. The topological polar surface area (TPSA) is 43.2 Å². The molecule has 0 bridgehead atoms. The van der Waals surface area contributed by atoms with E-state index in [1.807, 2.05) is 0 Å². The monoisotopic (exact) mass is 312 g/mol. The van der Waals surface area contributed by atoms with E-state index in [0.717, 1.165) is 0 Å². The third kappa shape index (κ3) is 3.46. The average Bonchev–Trinajstić information content (AvgIpc) is 3.28. The van der Waals surface area contributed by atoms with Crippen LogP contribution < -0.4 is 0 Å². The maximum Gasteiger partial charge on any atom is 0.442 e. The van der Waals surface area contributed by atoms with Crippen molar-refractivity contribution in [1.29, 1.82) is 0 Å². The van der Waals surface area contributed by atoms with E-state index >= 15 is 0 Å². The van der Waals surface area contributed by atoms with Gasteiger partial charge in [-0.1, -0.05) is 24.0 Å². The number of halogens is 3. The van der Waals surface area contributed by atoms with E-state index in [2.05, 4.69) is 22.1 Å². The van der Waals surface area contributed by atoms with Crippen LogP contribution in [0.25, 0.3) is 0 Å². The molecule has 1 aliphatic heterocycles. The zero-order valence-electron chi connectivity index (χ0n) is 12.1. The highest BCUT2D eigenvalue weighted by Gasteiger charge is 2.65. The zero-order valence-corrected chi connectivity index (χ0v) is 12.1. The normalized spacial score (nSPS) is 16.8. The number of alkyl halides is 3. The van der Waals surface area contributed by atoms with Crippen molar-refractivity contribution in [2.45, 2.75) is 24.4 Å². The summed E-state index contributed by atoms with van der Waals surface area (Å²) in [5, 5.41) is 6.31. The summed E-state index contributed by atoms with van der Waals surface area (Å²) < 4.78 is 48.7. The number of methoxy groups -OCH3 is 2. The van der Waals surface area contributed by atoms with Crippen molar-refractivity contribution < 1.29 is 22.6 Å². The van der Waals surface area contributed by atoms with Crippen LogP contribution in [0, 0.1) is 11.8 Å². The van der Waals surface area contributed by atoms with Crippen molar-refractivity contribution in [1.82, 2.24) is 0 Å². The fourth-order valence-electron chi connectivity index (χ4n) is 1.89. The standard InChI is InChI=1S/C15H15F3N2O2/c1-21-10-13(22-2)5-3-4-11-6-8-12(9-7-11)14(19-20-14)15(16,17)18/h6-9,13H,5,10H2,1-2H3/t13-/m0/s1. The smallest absolute Gasteiger partial charge is 0.382 e. The van der Waals surface area contributed by atoms with Gasteiger partial charge >= 0.3 is 11.8 Å². The molecule has 0 aliphatic carbocycles. The first kappa shape index (κ1) is 16.5. The van der Waals surface area contributed by atoms with Gasteiger partial charge in [0.25, 0.3) is 0 Å². The number of hydrogen-bond donors (Lipinski definition) is 0. The molecule has 0 N–H and O–H groups in total. The van der Waals surface area contributed by atoms with Crippen molar-refractivity contribution in [3.63, 3.8) is 0 Å². The van der Waals surface area contributed by atoms with E-state index in [4.69, 9.17) is 9.47 Å². The molecule has 0 fully saturated rings. The molecule has 7 heteroatoms. The van der Waals surface area contributed by atoms with Crippen molar-refractivity contribution in [3.05, 3.63) is 35.4 Å². The highest BCUT2D eigenvalue weighted by molar-refractivity contribution is 5.39. The molecule has 4 nitrogen and oxygen atoms in total. The van der Waals surface area contributed by atoms with Crippen LogP contribution in [-0.4, -0.2) is 33.1 Å². The van der Waals surface area contributed by atoms with Gasteiger partial charge < -0.3 is 9.47 Å². The molecule has 1 atom stereocenters. The molecule has 0 saturated carbocycles. The van der Waals surface area contributed by atoms with E-state index in [1.165, 1.54) is 24.3 Å². The van der Waals surface area contributed by atoms with Gasteiger partial charge in [0.05, 0.1) is 12.7 Å². The van der Waals surface area contributed by atoms with E-state index in [9.17, 15) is 13.2 Å². The van der Waals surface area contributed by atoms with Crippen LogP contribution in [0.1, 0.15) is 17.5 Å². The Labute approximate surface area is 126 Å². The van der Waals surface area contributed by atoms with Gasteiger partial charge in [-0.15, -0.1) is 10.2 Å². The molecule has 0 aromatic heterocycles. The molecular weight excluding hydrogens is 297 g/mol. The first-order chi connectivity index (χ1) is 10.4. The fourth-order valence-corrected chi connectivity index (χ4v) is 1.89. The van der Waals surface area contributed by atoms with Crippen LogP contribution in [-0.2, 0) is 15.1 Å². The second kappa shape index (κ2) is 6.46. The second-order valence-corrected chi connectivity index (χ2v) is 4.77. The van der Waals surface area contributed by atoms with Crippen molar-refractivity contribution in [3.8, 4) is 11.8 Å². The van der Waals surface area contributed by atoms with Crippen LogP contribution in [0.2, 0.25) is 0 Å². The summed E-state index contributed by atoms with van der Waals surface area (Å²) in [7, 11) is 3.14. The molecule has 0 amide bonds. The van der Waals surface area contributed by atoms with Crippen molar-refractivity contribution in [2.75, 3.05) is 20.8 Å². The third-order valence-corrected chi connectivity index (χ3v) is 3.23. The van der Waals surface area contributed by atoms with Crippen LogP contribution in [0.3, 0.4) is 0 Å². The van der Waals surface area contributed by atoms with Gasteiger partial charge in [0, 0.05) is 31.8 Å². The summed E-state index contributed by atoms with van der Waals surface area (Å²) in [5.74, 6) is 5.80.